The summed E-state index contributed by atoms with van der Waals surface area (Å²) in [6.45, 7) is 2.37. The first-order valence-electron chi connectivity index (χ1n) is 6.99. The Morgan fingerprint density at radius 3 is 2.59 bits per heavy atom. The van der Waals surface area contributed by atoms with Gasteiger partial charge in [0.05, 0.1) is 6.61 Å². The van der Waals surface area contributed by atoms with Crippen LogP contribution in [0.25, 0.3) is 0 Å². The number of rotatable bonds is 5. The van der Waals surface area contributed by atoms with E-state index in [1.54, 1.807) is 13.0 Å². The molecule has 0 spiro atoms. The first kappa shape index (κ1) is 17.1. The molecule has 0 amide bonds. The number of piperidine rings is 1. The summed E-state index contributed by atoms with van der Waals surface area (Å²) in [5.74, 6) is -1.49. The van der Waals surface area contributed by atoms with Crippen LogP contribution >= 0.6 is 11.6 Å². The molecular weight excluding hydrogens is 330 g/mol. The summed E-state index contributed by atoms with van der Waals surface area (Å²) < 4.78 is 32.1. The van der Waals surface area contributed by atoms with Crippen LogP contribution in [0, 0.1) is 5.92 Å². The van der Waals surface area contributed by atoms with Crippen molar-refractivity contribution in [2.75, 3.05) is 19.7 Å². The van der Waals surface area contributed by atoms with Gasteiger partial charge in [0.1, 0.15) is 10.6 Å². The van der Waals surface area contributed by atoms with Crippen LogP contribution in [0.4, 0.5) is 0 Å². The second-order valence-corrected chi connectivity index (χ2v) is 7.36. The van der Waals surface area contributed by atoms with Gasteiger partial charge in [0, 0.05) is 30.0 Å². The molecule has 0 aromatic heterocycles. The van der Waals surface area contributed by atoms with Gasteiger partial charge in [-0.1, -0.05) is 11.6 Å². The largest absolute Gasteiger partial charge is 0.550 e. The lowest BCUT2D eigenvalue weighted by atomic mass is 9.99. The van der Waals surface area contributed by atoms with Crippen LogP contribution in [0.5, 0.6) is 5.75 Å². The lowest BCUT2D eigenvalue weighted by molar-refractivity contribution is -0.312. The van der Waals surface area contributed by atoms with Crippen LogP contribution in [0.3, 0.4) is 0 Å². The number of sulfonamides is 1. The van der Waals surface area contributed by atoms with Crippen molar-refractivity contribution in [2.45, 2.75) is 24.7 Å². The van der Waals surface area contributed by atoms with Crippen LogP contribution < -0.4 is 9.84 Å². The van der Waals surface area contributed by atoms with Gasteiger partial charge in [0.2, 0.25) is 10.0 Å². The zero-order chi connectivity index (χ0) is 16.3. The molecule has 0 N–H and O–H groups in total. The molecule has 2 rings (SSSR count). The third-order valence-electron chi connectivity index (χ3n) is 3.61. The first-order valence-corrected chi connectivity index (χ1v) is 8.81. The van der Waals surface area contributed by atoms with E-state index in [0.717, 1.165) is 0 Å². The van der Waals surface area contributed by atoms with Crippen molar-refractivity contribution in [1.29, 1.82) is 0 Å². The number of hydrogen-bond donors (Lipinski definition) is 0. The summed E-state index contributed by atoms with van der Waals surface area (Å²) >= 11 is 5.90. The van der Waals surface area contributed by atoms with Crippen molar-refractivity contribution in [2.24, 2.45) is 5.92 Å². The summed E-state index contributed by atoms with van der Waals surface area (Å²) in [7, 11) is -3.78. The van der Waals surface area contributed by atoms with Crippen molar-refractivity contribution in [3.05, 3.63) is 23.2 Å². The average molecular weight is 347 g/mol. The number of hydrogen-bond acceptors (Lipinski definition) is 5. The fraction of sp³-hybridized carbons (Fsp3) is 0.500. The second kappa shape index (κ2) is 6.85. The fourth-order valence-electron chi connectivity index (χ4n) is 2.43. The number of ether oxygens (including phenoxy) is 1. The molecule has 0 unspecified atom stereocenters. The highest BCUT2D eigenvalue weighted by molar-refractivity contribution is 7.89. The molecule has 22 heavy (non-hydrogen) atoms. The van der Waals surface area contributed by atoms with E-state index in [0.29, 0.717) is 11.6 Å². The topological polar surface area (TPSA) is 86.7 Å². The predicted molar refractivity (Wildman–Crippen MR) is 79.1 cm³/mol. The van der Waals surface area contributed by atoms with Gasteiger partial charge in [-0.25, -0.2) is 8.42 Å². The van der Waals surface area contributed by atoms with E-state index in [1.165, 1.54) is 16.4 Å². The fourth-order valence-corrected chi connectivity index (χ4v) is 4.29. The number of carbonyl (C=O) groups excluding carboxylic acids is 1. The van der Waals surface area contributed by atoms with Crippen LogP contribution in [-0.4, -0.2) is 38.4 Å². The molecule has 0 radical (unpaired) electrons. The van der Waals surface area contributed by atoms with Gasteiger partial charge in [-0.3, -0.25) is 0 Å². The number of halogens is 1. The zero-order valence-electron chi connectivity index (χ0n) is 12.1. The Labute approximate surface area is 134 Å². The molecule has 0 saturated carbocycles. The van der Waals surface area contributed by atoms with Crippen LogP contribution in [-0.2, 0) is 14.8 Å². The van der Waals surface area contributed by atoms with Crippen LogP contribution in [0.1, 0.15) is 19.8 Å². The minimum atomic E-state index is -3.78. The summed E-state index contributed by atoms with van der Waals surface area (Å²) in [5.41, 5.74) is 0. The summed E-state index contributed by atoms with van der Waals surface area (Å²) in [6, 6.07) is 4.44. The van der Waals surface area contributed by atoms with E-state index in [4.69, 9.17) is 16.3 Å². The lowest BCUT2D eigenvalue weighted by Crippen LogP contribution is -2.43. The van der Waals surface area contributed by atoms with Gasteiger partial charge in [-0.15, -0.1) is 0 Å². The lowest BCUT2D eigenvalue weighted by Gasteiger charge is -2.31. The number of nitrogens with zero attached hydrogens (tertiary/aromatic N) is 1. The maximum absolute atomic E-state index is 12.7. The van der Waals surface area contributed by atoms with Crippen LogP contribution in [0.15, 0.2) is 23.1 Å². The molecule has 1 heterocycles. The number of carboxylic acids is 1. The first-order chi connectivity index (χ1) is 10.4. The minimum absolute atomic E-state index is 0.00810. The Morgan fingerprint density at radius 1 is 1.41 bits per heavy atom. The summed E-state index contributed by atoms with van der Waals surface area (Å²) in [6.07, 6.45) is 0.484. The van der Waals surface area contributed by atoms with E-state index in [9.17, 15) is 18.3 Å². The van der Waals surface area contributed by atoms with E-state index < -0.39 is 21.9 Å². The Balaban J connectivity index is 2.28. The molecule has 1 aliphatic rings. The Morgan fingerprint density at radius 2 is 2.05 bits per heavy atom. The highest BCUT2D eigenvalue weighted by Gasteiger charge is 2.32. The molecule has 1 aromatic rings. The highest BCUT2D eigenvalue weighted by Crippen LogP contribution is 2.31. The number of carbonyl (C=O) groups is 1. The maximum Gasteiger partial charge on any atom is 0.246 e. The Bertz CT molecular complexity index is 653. The standard InChI is InChI=1S/C14H18ClNO5S/c1-2-21-12-4-3-11(15)9-13(12)22(19,20)16-7-5-10(6-8-16)14(17)18/h3-4,9-10H,2,5-8H2,1H3,(H,17,18)/p-1. The quantitative estimate of drug-likeness (QED) is 0.790. The van der Waals surface area contributed by atoms with Gasteiger partial charge >= 0.3 is 0 Å². The van der Waals surface area contributed by atoms with Gasteiger partial charge in [-0.05, 0) is 38.0 Å². The molecular formula is C14H17ClNO5S-. The molecule has 8 heteroatoms. The number of benzene rings is 1. The molecule has 1 saturated heterocycles. The van der Waals surface area contributed by atoms with Gasteiger partial charge < -0.3 is 14.6 Å². The molecule has 1 aliphatic heterocycles. The van der Waals surface area contributed by atoms with E-state index in [-0.39, 0.29) is 36.6 Å². The zero-order valence-corrected chi connectivity index (χ0v) is 13.7. The molecule has 6 nitrogen and oxygen atoms in total. The number of aliphatic carboxylic acids is 1. The van der Waals surface area contributed by atoms with Gasteiger partial charge in [-0.2, -0.15) is 4.31 Å². The Hall–Kier alpha value is -1.31. The molecule has 1 fully saturated rings. The molecule has 122 valence electrons. The van der Waals surface area contributed by atoms with E-state index in [2.05, 4.69) is 0 Å². The third-order valence-corrected chi connectivity index (χ3v) is 5.77. The van der Waals surface area contributed by atoms with E-state index in [1.807, 2.05) is 0 Å². The van der Waals surface area contributed by atoms with Crippen LogP contribution in [0.2, 0.25) is 5.02 Å². The monoisotopic (exact) mass is 346 g/mol. The minimum Gasteiger partial charge on any atom is -0.550 e. The molecule has 0 atom stereocenters. The smallest absolute Gasteiger partial charge is 0.246 e. The summed E-state index contributed by atoms with van der Waals surface area (Å²) in [4.78, 5) is 10.9. The average Bonchev–Trinajstić information content (AvgIpc) is 2.49. The molecule has 0 bridgehead atoms. The normalized spacial score (nSPS) is 17.4. The third kappa shape index (κ3) is 3.53. The molecule has 0 aliphatic carbocycles. The van der Waals surface area contributed by atoms with Gasteiger partial charge in [0.25, 0.3) is 0 Å². The second-order valence-electron chi connectivity index (χ2n) is 5.02. The maximum atomic E-state index is 12.7. The van der Waals surface area contributed by atoms with Crippen molar-refractivity contribution in [3.63, 3.8) is 0 Å². The predicted octanol–water partition coefficient (Wildman–Crippen LogP) is 0.889. The summed E-state index contributed by atoms with van der Waals surface area (Å²) in [5, 5.41) is 11.1. The van der Waals surface area contributed by atoms with Crippen molar-refractivity contribution >= 4 is 27.6 Å². The highest BCUT2D eigenvalue weighted by atomic mass is 35.5. The number of carboxylic acid groups (broad SMARTS) is 1. The van der Waals surface area contributed by atoms with E-state index >= 15 is 0 Å². The van der Waals surface area contributed by atoms with Crippen molar-refractivity contribution in [1.82, 2.24) is 4.31 Å². The van der Waals surface area contributed by atoms with Crippen molar-refractivity contribution < 1.29 is 23.1 Å². The molecule has 1 aromatic carbocycles. The Kier molecular flexibility index (Phi) is 5.31. The SMILES string of the molecule is CCOc1ccc(Cl)cc1S(=O)(=O)N1CCC(C(=O)[O-])CC1. The van der Waals surface area contributed by atoms with Crippen molar-refractivity contribution in [3.8, 4) is 5.75 Å². The van der Waals surface area contributed by atoms with Gasteiger partial charge in [0.15, 0.2) is 0 Å².